The summed E-state index contributed by atoms with van der Waals surface area (Å²) >= 11 is 0. The number of fused-ring (bicyclic) bond motifs is 2. The van der Waals surface area contributed by atoms with Crippen molar-refractivity contribution in [2.45, 2.75) is 13.8 Å². The molecule has 0 atom stereocenters. The molecule has 0 radical (unpaired) electrons. The fourth-order valence-electron chi connectivity index (χ4n) is 2.81. The SMILES string of the molecule is COc1cc(C)c2c(c1)C(=O)c1cc(C)cc(O)c1C2=O. The topological polar surface area (TPSA) is 63.6 Å². The van der Waals surface area contributed by atoms with Gasteiger partial charge in [0.25, 0.3) is 0 Å². The molecule has 0 saturated heterocycles. The van der Waals surface area contributed by atoms with Crippen LogP contribution in [0.25, 0.3) is 0 Å². The molecule has 21 heavy (non-hydrogen) atoms. The van der Waals surface area contributed by atoms with Gasteiger partial charge in [-0.2, -0.15) is 0 Å². The first-order valence-corrected chi connectivity index (χ1v) is 6.55. The lowest BCUT2D eigenvalue weighted by Crippen LogP contribution is -2.22. The average molecular weight is 282 g/mol. The maximum Gasteiger partial charge on any atom is 0.198 e. The molecule has 0 unspecified atom stereocenters. The van der Waals surface area contributed by atoms with Crippen molar-refractivity contribution in [1.29, 1.82) is 0 Å². The van der Waals surface area contributed by atoms with Gasteiger partial charge in [0, 0.05) is 16.7 Å². The number of rotatable bonds is 1. The summed E-state index contributed by atoms with van der Waals surface area (Å²) in [5, 5.41) is 10.0. The largest absolute Gasteiger partial charge is 0.507 e. The van der Waals surface area contributed by atoms with Gasteiger partial charge in [0.2, 0.25) is 0 Å². The summed E-state index contributed by atoms with van der Waals surface area (Å²) in [4.78, 5) is 25.3. The minimum Gasteiger partial charge on any atom is -0.507 e. The number of hydrogen-bond donors (Lipinski definition) is 1. The van der Waals surface area contributed by atoms with E-state index in [1.165, 1.54) is 13.2 Å². The second-order valence-corrected chi connectivity index (χ2v) is 5.23. The van der Waals surface area contributed by atoms with E-state index in [1.807, 2.05) is 0 Å². The molecule has 0 saturated carbocycles. The Hall–Kier alpha value is -2.62. The number of phenolic OH excluding ortho intramolecular Hbond substituents is 1. The van der Waals surface area contributed by atoms with Crippen LogP contribution in [-0.4, -0.2) is 23.8 Å². The maximum atomic E-state index is 12.7. The number of ether oxygens (including phenoxy) is 1. The van der Waals surface area contributed by atoms with E-state index in [0.29, 0.717) is 22.4 Å². The van der Waals surface area contributed by atoms with Crippen molar-refractivity contribution < 1.29 is 19.4 Å². The van der Waals surface area contributed by atoms with Crippen molar-refractivity contribution in [3.63, 3.8) is 0 Å². The molecule has 4 heteroatoms. The highest BCUT2D eigenvalue weighted by Gasteiger charge is 2.33. The normalized spacial score (nSPS) is 12.9. The molecule has 4 nitrogen and oxygen atoms in total. The average Bonchev–Trinajstić information content (AvgIpc) is 2.43. The van der Waals surface area contributed by atoms with E-state index in [0.717, 1.165) is 5.56 Å². The summed E-state index contributed by atoms with van der Waals surface area (Å²) < 4.78 is 5.17. The van der Waals surface area contributed by atoms with Gasteiger partial charge in [-0.25, -0.2) is 0 Å². The summed E-state index contributed by atoms with van der Waals surface area (Å²) in [7, 11) is 1.51. The summed E-state index contributed by atoms with van der Waals surface area (Å²) in [6.07, 6.45) is 0. The lowest BCUT2D eigenvalue weighted by molar-refractivity contribution is 0.0976. The quantitative estimate of drug-likeness (QED) is 0.745. The Kier molecular flexibility index (Phi) is 2.83. The van der Waals surface area contributed by atoms with Gasteiger partial charge in [0.05, 0.1) is 12.7 Å². The fourth-order valence-corrected chi connectivity index (χ4v) is 2.81. The Balaban J connectivity index is 2.35. The second kappa shape index (κ2) is 4.45. The first-order chi connectivity index (χ1) is 9.93. The molecule has 2 aromatic carbocycles. The Morgan fingerprint density at radius 3 is 2.24 bits per heavy atom. The number of phenols is 1. The van der Waals surface area contributed by atoms with Gasteiger partial charge >= 0.3 is 0 Å². The molecule has 0 aromatic heterocycles. The number of carbonyl (C=O) groups is 2. The van der Waals surface area contributed by atoms with Gasteiger partial charge in [-0.1, -0.05) is 0 Å². The van der Waals surface area contributed by atoms with Gasteiger partial charge in [-0.15, -0.1) is 0 Å². The lowest BCUT2D eigenvalue weighted by atomic mass is 9.81. The monoisotopic (exact) mass is 282 g/mol. The van der Waals surface area contributed by atoms with Gasteiger partial charge in [-0.3, -0.25) is 9.59 Å². The van der Waals surface area contributed by atoms with Crippen molar-refractivity contribution in [3.05, 3.63) is 57.6 Å². The van der Waals surface area contributed by atoms with Crippen molar-refractivity contribution in [2.24, 2.45) is 0 Å². The third-order valence-electron chi connectivity index (χ3n) is 3.75. The zero-order chi connectivity index (χ0) is 15.3. The third kappa shape index (κ3) is 1.83. The van der Waals surface area contributed by atoms with Crippen LogP contribution in [0.3, 0.4) is 0 Å². The minimum absolute atomic E-state index is 0.0892. The highest BCUT2D eigenvalue weighted by molar-refractivity contribution is 6.30. The molecule has 3 rings (SSSR count). The van der Waals surface area contributed by atoms with E-state index in [-0.39, 0.29) is 28.4 Å². The van der Waals surface area contributed by atoms with Crippen molar-refractivity contribution in [3.8, 4) is 11.5 Å². The second-order valence-electron chi connectivity index (χ2n) is 5.23. The molecular weight excluding hydrogens is 268 g/mol. The predicted molar refractivity (Wildman–Crippen MR) is 77.4 cm³/mol. The lowest BCUT2D eigenvalue weighted by Gasteiger charge is -2.21. The Morgan fingerprint density at radius 1 is 0.905 bits per heavy atom. The molecule has 2 aromatic rings. The molecule has 0 aliphatic heterocycles. The Bertz CT molecular complexity index is 803. The number of aromatic hydroxyl groups is 1. The molecule has 0 fully saturated rings. The molecule has 0 heterocycles. The van der Waals surface area contributed by atoms with E-state index < -0.39 is 0 Å². The fraction of sp³-hybridized carbons (Fsp3) is 0.176. The predicted octanol–water partition coefficient (Wildman–Crippen LogP) is 2.79. The molecule has 1 aliphatic carbocycles. The molecule has 106 valence electrons. The molecular formula is C17H14O4. The first-order valence-electron chi connectivity index (χ1n) is 6.55. The van der Waals surface area contributed by atoms with Crippen LogP contribution in [0.4, 0.5) is 0 Å². The van der Waals surface area contributed by atoms with Crippen LogP contribution in [0.1, 0.15) is 43.0 Å². The number of benzene rings is 2. The van der Waals surface area contributed by atoms with Crippen LogP contribution in [0, 0.1) is 13.8 Å². The number of hydrogen-bond acceptors (Lipinski definition) is 4. The summed E-state index contributed by atoms with van der Waals surface area (Å²) in [5.74, 6) is -0.199. The van der Waals surface area contributed by atoms with Crippen molar-refractivity contribution in [2.75, 3.05) is 7.11 Å². The van der Waals surface area contributed by atoms with Crippen LogP contribution in [0.15, 0.2) is 24.3 Å². The van der Waals surface area contributed by atoms with Crippen LogP contribution in [0.2, 0.25) is 0 Å². The highest BCUT2D eigenvalue weighted by Crippen LogP contribution is 2.36. The smallest absolute Gasteiger partial charge is 0.198 e. The van der Waals surface area contributed by atoms with E-state index in [9.17, 15) is 14.7 Å². The van der Waals surface area contributed by atoms with Gasteiger partial charge in [0.15, 0.2) is 11.6 Å². The summed E-state index contributed by atoms with van der Waals surface area (Å²) in [6, 6.07) is 6.41. The first kappa shape index (κ1) is 13.4. The molecule has 0 spiro atoms. The third-order valence-corrected chi connectivity index (χ3v) is 3.75. The minimum atomic E-state index is -0.322. The number of aryl methyl sites for hydroxylation is 2. The molecule has 0 amide bonds. The van der Waals surface area contributed by atoms with Crippen molar-refractivity contribution >= 4 is 11.6 Å². The summed E-state index contributed by atoms with van der Waals surface area (Å²) in [6.45, 7) is 3.52. The van der Waals surface area contributed by atoms with Gasteiger partial charge in [0.1, 0.15) is 11.5 Å². The zero-order valence-corrected chi connectivity index (χ0v) is 12.0. The van der Waals surface area contributed by atoms with Crippen molar-refractivity contribution in [1.82, 2.24) is 0 Å². The van der Waals surface area contributed by atoms with E-state index in [1.54, 1.807) is 32.0 Å². The maximum absolute atomic E-state index is 12.7. The van der Waals surface area contributed by atoms with E-state index in [4.69, 9.17) is 4.74 Å². The summed E-state index contributed by atoms with van der Waals surface area (Å²) in [5.41, 5.74) is 2.40. The highest BCUT2D eigenvalue weighted by atomic mass is 16.5. The van der Waals surface area contributed by atoms with Crippen LogP contribution in [0.5, 0.6) is 11.5 Å². The van der Waals surface area contributed by atoms with Gasteiger partial charge < -0.3 is 9.84 Å². The molecule has 1 aliphatic rings. The number of ketones is 2. The zero-order valence-electron chi connectivity index (χ0n) is 12.0. The van der Waals surface area contributed by atoms with Gasteiger partial charge in [-0.05, 0) is 49.2 Å². The molecule has 1 N–H and O–H groups in total. The van der Waals surface area contributed by atoms with Crippen LogP contribution in [-0.2, 0) is 0 Å². The van der Waals surface area contributed by atoms with E-state index in [2.05, 4.69) is 0 Å². The Labute approximate surface area is 122 Å². The van der Waals surface area contributed by atoms with E-state index >= 15 is 0 Å². The molecule has 0 bridgehead atoms. The standard InChI is InChI=1S/C17H14O4/c1-8-4-11-15(13(18)5-8)17(20)14-9(2)6-10(21-3)7-12(14)16(11)19/h4-7,18H,1-3H3. The Morgan fingerprint density at radius 2 is 1.57 bits per heavy atom. The van der Waals surface area contributed by atoms with Crippen LogP contribution < -0.4 is 4.74 Å². The number of carbonyl (C=O) groups excluding carboxylic acids is 2. The number of methoxy groups -OCH3 is 1. The van der Waals surface area contributed by atoms with Crippen LogP contribution >= 0.6 is 0 Å².